The van der Waals surface area contributed by atoms with Gasteiger partial charge in [-0.1, -0.05) is 0 Å². The molecule has 1 aromatic carbocycles. The van der Waals surface area contributed by atoms with Gasteiger partial charge in [0.15, 0.2) is 0 Å². The van der Waals surface area contributed by atoms with Gasteiger partial charge in [0.1, 0.15) is 11.6 Å². The SMILES string of the molecule is CNCCCNc1ccc(-c2ccc(F)cc2)nn1. The molecule has 2 N–H and O–H groups in total. The van der Waals surface area contributed by atoms with Gasteiger partial charge >= 0.3 is 0 Å². The molecule has 100 valence electrons. The lowest BCUT2D eigenvalue weighted by Crippen LogP contribution is -2.13. The van der Waals surface area contributed by atoms with Gasteiger partial charge in [0.05, 0.1) is 5.69 Å². The van der Waals surface area contributed by atoms with Gasteiger partial charge in [0.25, 0.3) is 0 Å². The highest BCUT2D eigenvalue weighted by molar-refractivity contribution is 5.59. The molecule has 0 aliphatic heterocycles. The molecule has 2 rings (SSSR count). The fourth-order valence-corrected chi connectivity index (χ4v) is 1.68. The minimum atomic E-state index is -0.250. The van der Waals surface area contributed by atoms with Crippen LogP contribution in [0.3, 0.4) is 0 Å². The van der Waals surface area contributed by atoms with Crippen LogP contribution in [0.5, 0.6) is 0 Å². The predicted octanol–water partition coefficient (Wildman–Crippen LogP) is 2.30. The number of nitrogens with zero attached hydrogens (tertiary/aromatic N) is 2. The maximum atomic E-state index is 12.8. The zero-order valence-corrected chi connectivity index (χ0v) is 10.9. The minimum Gasteiger partial charge on any atom is -0.369 e. The summed E-state index contributed by atoms with van der Waals surface area (Å²) in [5.41, 5.74) is 1.59. The van der Waals surface area contributed by atoms with Crippen molar-refractivity contribution in [1.29, 1.82) is 0 Å². The van der Waals surface area contributed by atoms with Crippen LogP contribution in [0.25, 0.3) is 11.3 Å². The first-order valence-corrected chi connectivity index (χ1v) is 6.28. The lowest BCUT2D eigenvalue weighted by atomic mass is 10.1. The van der Waals surface area contributed by atoms with E-state index in [1.807, 2.05) is 19.2 Å². The van der Waals surface area contributed by atoms with Crippen LogP contribution in [0, 0.1) is 5.82 Å². The zero-order chi connectivity index (χ0) is 13.5. The predicted molar refractivity (Wildman–Crippen MR) is 74.5 cm³/mol. The molecule has 2 aromatic rings. The van der Waals surface area contributed by atoms with Crippen LogP contribution in [0.2, 0.25) is 0 Å². The molecule has 0 unspecified atom stereocenters. The summed E-state index contributed by atoms with van der Waals surface area (Å²) in [5.74, 6) is 0.501. The van der Waals surface area contributed by atoms with Crippen LogP contribution in [0.1, 0.15) is 6.42 Å². The van der Waals surface area contributed by atoms with Crippen molar-refractivity contribution < 1.29 is 4.39 Å². The molecule has 0 saturated carbocycles. The van der Waals surface area contributed by atoms with Crippen molar-refractivity contribution in [1.82, 2.24) is 15.5 Å². The maximum absolute atomic E-state index is 12.8. The van der Waals surface area contributed by atoms with Crippen molar-refractivity contribution in [2.45, 2.75) is 6.42 Å². The third-order valence-corrected chi connectivity index (χ3v) is 2.71. The van der Waals surface area contributed by atoms with Crippen molar-refractivity contribution in [3.05, 3.63) is 42.2 Å². The Labute approximate surface area is 112 Å². The molecular weight excluding hydrogens is 243 g/mol. The first kappa shape index (κ1) is 13.4. The first-order chi connectivity index (χ1) is 9.29. The summed E-state index contributed by atoms with van der Waals surface area (Å²) in [4.78, 5) is 0. The van der Waals surface area contributed by atoms with Gasteiger partial charge in [0, 0.05) is 12.1 Å². The molecule has 5 heteroatoms. The highest BCUT2D eigenvalue weighted by Crippen LogP contribution is 2.17. The smallest absolute Gasteiger partial charge is 0.148 e. The second-order valence-corrected chi connectivity index (χ2v) is 4.19. The van der Waals surface area contributed by atoms with Crippen LogP contribution in [-0.2, 0) is 0 Å². The summed E-state index contributed by atoms with van der Waals surface area (Å²) in [6.07, 6.45) is 1.03. The van der Waals surface area contributed by atoms with E-state index in [9.17, 15) is 4.39 Å². The summed E-state index contributed by atoms with van der Waals surface area (Å²) in [7, 11) is 1.93. The first-order valence-electron chi connectivity index (χ1n) is 6.28. The zero-order valence-electron chi connectivity index (χ0n) is 10.9. The third kappa shape index (κ3) is 3.99. The lowest BCUT2D eigenvalue weighted by Gasteiger charge is -2.05. The summed E-state index contributed by atoms with van der Waals surface area (Å²) >= 11 is 0. The largest absolute Gasteiger partial charge is 0.369 e. The Morgan fingerprint density at radius 1 is 1.00 bits per heavy atom. The number of halogens is 1. The standard InChI is InChI=1S/C14H17FN4/c1-16-9-2-10-17-14-8-7-13(18-19-14)11-3-5-12(15)6-4-11/h3-8,16H,2,9-10H2,1H3,(H,17,19). The molecule has 0 fully saturated rings. The fourth-order valence-electron chi connectivity index (χ4n) is 1.68. The Balaban J connectivity index is 1.96. The van der Waals surface area contributed by atoms with E-state index in [4.69, 9.17) is 0 Å². The van der Waals surface area contributed by atoms with Crippen molar-refractivity contribution >= 4 is 5.82 Å². The Morgan fingerprint density at radius 2 is 1.79 bits per heavy atom. The molecule has 19 heavy (non-hydrogen) atoms. The van der Waals surface area contributed by atoms with E-state index in [-0.39, 0.29) is 5.82 Å². The van der Waals surface area contributed by atoms with Gasteiger partial charge in [-0.25, -0.2) is 4.39 Å². The molecule has 4 nitrogen and oxygen atoms in total. The monoisotopic (exact) mass is 260 g/mol. The van der Waals surface area contributed by atoms with Crippen LogP contribution >= 0.6 is 0 Å². The second kappa shape index (κ2) is 6.80. The minimum absolute atomic E-state index is 0.250. The molecule has 0 bridgehead atoms. The highest BCUT2D eigenvalue weighted by atomic mass is 19.1. The normalized spacial score (nSPS) is 10.4. The molecule has 0 aliphatic rings. The van der Waals surface area contributed by atoms with Crippen LogP contribution < -0.4 is 10.6 Å². The number of hydrogen-bond acceptors (Lipinski definition) is 4. The van der Waals surface area contributed by atoms with Gasteiger partial charge in [-0.15, -0.1) is 10.2 Å². The summed E-state index contributed by atoms with van der Waals surface area (Å²) in [6, 6.07) is 9.98. The van der Waals surface area contributed by atoms with E-state index < -0.39 is 0 Å². The van der Waals surface area contributed by atoms with E-state index in [1.165, 1.54) is 12.1 Å². The van der Waals surface area contributed by atoms with E-state index in [2.05, 4.69) is 20.8 Å². The topological polar surface area (TPSA) is 49.8 Å². The Hall–Kier alpha value is -2.01. The number of rotatable bonds is 6. The van der Waals surface area contributed by atoms with Crippen LogP contribution in [0.4, 0.5) is 10.2 Å². The van der Waals surface area contributed by atoms with E-state index in [0.29, 0.717) is 0 Å². The molecule has 0 radical (unpaired) electrons. The highest BCUT2D eigenvalue weighted by Gasteiger charge is 2.01. The molecule has 0 atom stereocenters. The number of aromatic nitrogens is 2. The second-order valence-electron chi connectivity index (χ2n) is 4.19. The lowest BCUT2D eigenvalue weighted by molar-refractivity contribution is 0.628. The van der Waals surface area contributed by atoms with E-state index in [1.54, 1.807) is 12.1 Å². The van der Waals surface area contributed by atoms with Gasteiger partial charge in [-0.3, -0.25) is 0 Å². The summed E-state index contributed by atoms with van der Waals surface area (Å²) < 4.78 is 12.8. The molecular formula is C14H17FN4. The number of benzene rings is 1. The summed E-state index contributed by atoms with van der Waals surface area (Å²) in [5, 5.41) is 14.5. The van der Waals surface area contributed by atoms with Crippen LogP contribution in [0.15, 0.2) is 36.4 Å². The van der Waals surface area contributed by atoms with Gasteiger partial charge < -0.3 is 10.6 Å². The van der Waals surface area contributed by atoms with E-state index >= 15 is 0 Å². The third-order valence-electron chi connectivity index (χ3n) is 2.71. The number of hydrogen-bond donors (Lipinski definition) is 2. The van der Waals surface area contributed by atoms with E-state index in [0.717, 1.165) is 36.6 Å². The van der Waals surface area contributed by atoms with Crippen molar-refractivity contribution in [2.75, 3.05) is 25.5 Å². The Morgan fingerprint density at radius 3 is 2.42 bits per heavy atom. The van der Waals surface area contributed by atoms with Gasteiger partial charge in [0.2, 0.25) is 0 Å². The molecule has 1 heterocycles. The number of nitrogens with one attached hydrogen (secondary N) is 2. The van der Waals surface area contributed by atoms with Crippen molar-refractivity contribution in [3.8, 4) is 11.3 Å². The summed E-state index contributed by atoms with van der Waals surface area (Å²) in [6.45, 7) is 1.82. The molecule has 0 amide bonds. The van der Waals surface area contributed by atoms with Gasteiger partial charge in [-0.05, 0) is 56.4 Å². The van der Waals surface area contributed by atoms with Gasteiger partial charge in [-0.2, -0.15) is 0 Å². The molecule has 0 saturated heterocycles. The average Bonchev–Trinajstić information content (AvgIpc) is 2.45. The average molecular weight is 260 g/mol. The van der Waals surface area contributed by atoms with Crippen LogP contribution in [-0.4, -0.2) is 30.3 Å². The maximum Gasteiger partial charge on any atom is 0.148 e. The van der Waals surface area contributed by atoms with Crippen molar-refractivity contribution in [3.63, 3.8) is 0 Å². The molecule has 1 aromatic heterocycles. The molecule has 0 spiro atoms. The quantitative estimate of drug-likeness (QED) is 0.782. The Kier molecular flexibility index (Phi) is 4.80. The van der Waals surface area contributed by atoms with Crippen molar-refractivity contribution in [2.24, 2.45) is 0 Å². The fraction of sp³-hybridized carbons (Fsp3) is 0.286. The molecule has 0 aliphatic carbocycles. The Bertz CT molecular complexity index is 496. The number of anilines is 1.